The van der Waals surface area contributed by atoms with Gasteiger partial charge in [-0.1, -0.05) is 6.07 Å². The van der Waals surface area contributed by atoms with Gasteiger partial charge in [-0.05, 0) is 50.8 Å². The molecular weight excluding hydrogens is 318 g/mol. The second-order valence-corrected chi connectivity index (χ2v) is 8.40. The highest BCUT2D eigenvalue weighted by Crippen LogP contribution is 2.41. The van der Waals surface area contributed by atoms with Gasteiger partial charge in [0.25, 0.3) is 5.69 Å². The molecule has 1 aromatic carbocycles. The van der Waals surface area contributed by atoms with Gasteiger partial charge in [0.05, 0.1) is 9.82 Å². The summed E-state index contributed by atoms with van der Waals surface area (Å²) in [6, 6.07) is 4.24. The maximum absolute atomic E-state index is 12.9. The van der Waals surface area contributed by atoms with E-state index in [0.717, 1.165) is 32.4 Å². The zero-order chi connectivity index (χ0) is 16.7. The Morgan fingerprint density at radius 3 is 2.61 bits per heavy atom. The number of nitro benzene ring substituents is 1. The number of sulfonamides is 1. The third kappa shape index (κ3) is 2.86. The highest BCUT2D eigenvalue weighted by atomic mass is 32.2. The van der Waals surface area contributed by atoms with E-state index in [1.807, 2.05) is 0 Å². The lowest BCUT2D eigenvalue weighted by atomic mass is 9.78. The van der Waals surface area contributed by atoms with Crippen molar-refractivity contribution in [3.63, 3.8) is 0 Å². The minimum absolute atomic E-state index is 0.0534. The van der Waals surface area contributed by atoms with Crippen molar-refractivity contribution in [1.82, 2.24) is 9.62 Å². The number of nitrogens with zero attached hydrogens (tertiary/aromatic N) is 2. The average molecular weight is 339 g/mol. The molecule has 0 amide bonds. The minimum atomic E-state index is -3.69. The van der Waals surface area contributed by atoms with Gasteiger partial charge in [0.1, 0.15) is 0 Å². The van der Waals surface area contributed by atoms with Crippen molar-refractivity contribution in [3.8, 4) is 0 Å². The average Bonchev–Trinajstić information content (AvgIpc) is 2.92. The molecule has 8 heteroatoms. The van der Waals surface area contributed by atoms with Gasteiger partial charge in [-0.2, -0.15) is 4.31 Å². The Kier molecular flexibility index (Phi) is 4.16. The molecule has 23 heavy (non-hydrogen) atoms. The number of hydrogen-bond acceptors (Lipinski definition) is 5. The van der Waals surface area contributed by atoms with Gasteiger partial charge in [0.15, 0.2) is 0 Å². The van der Waals surface area contributed by atoms with E-state index < -0.39 is 14.9 Å². The third-order valence-corrected chi connectivity index (χ3v) is 7.13. The summed E-state index contributed by atoms with van der Waals surface area (Å²) in [6.45, 7) is 4.35. The fourth-order valence-corrected chi connectivity index (χ4v) is 5.48. The largest absolute Gasteiger partial charge is 0.317 e. The summed E-state index contributed by atoms with van der Waals surface area (Å²) in [4.78, 5) is 10.6. The van der Waals surface area contributed by atoms with Crippen LogP contribution in [0.2, 0.25) is 0 Å². The minimum Gasteiger partial charge on any atom is -0.317 e. The van der Waals surface area contributed by atoms with Crippen molar-refractivity contribution in [3.05, 3.63) is 33.9 Å². The predicted molar refractivity (Wildman–Crippen MR) is 85.7 cm³/mol. The molecule has 1 spiro atoms. The van der Waals surface area contributed by atoms with Crippen LogP contribution in [-0.4, -0.2) is 43.8 Å². The van der Waals surface area contributed by atoms with Crippen LogP contribution in [0.4, 0.5) is 5.69 Å². The smallest absolute Gasteiger partial charge is 0.273 e. The maximum Gasteiger partial charge on any atom is 0.273 e. The molecule has 1 aromatic rings. The van der Waals surface area contributed by atoms with Crippen LogP contribution in [-0.2, 0) is 10.0 Å². The quantitative estimate of drug-likeness (QED) is 0.668. The van der Waals surface area contributed by atoms with Crippen LogP contribution in [0.5, 0.6) is 0 Å². The van der Waals surface area contributed by atoms with E-state index in [0.29, 0.717) is 13.1 Å². The van der Waals surface area contributed by atoms with Crippen molar-refractivity contribution >= 4 is 15.7 Å². The van der Waals surface area contributed by atoms with Gasteiger partial charge < -0.3 is 5.32 Å². The van der Waals surface area contributed by atoms with Crippen molar-refractivity contribution in [2.45, 2.75) is 31.1 Å². The molecular formula is C15H21N3O4S. The fourth-order valence-electron chi connectivity index (χ4n) is 3.68. The first kappa shape index (κ1) is 16.4. The molecule has 0 atom stereocenters. The van der Waals surface area contributed by atoms with Crippen LogP contribution in [0.3, 0.4) is 0 Å². The molecule has 0 bridgehead atoms. The Morgan fingerprint density at radius 1 is 1.26 bits per heavy atom. The molecule has 0 unspecified atom stereocenters. The summed E-state index contributed by atoms with van der Waals surface area (Å²) >= 11 is 0. The van der Waals surface area contributed by atoms with Crippen LogP contribution in [0.25, 0.3) is 0 Å². The summed E-state index contributed by atoms with van der Waals surface area (Å²) < 4.78 is 27.4. The molecule has 2 saturated heterocycles. The number of nitro groups is 1. The second-order valence-electron chi connectivity index (χ2n) is 6.50. The Bertz CT molecular complexity index is 726. The lowest BCUT2D eigenvalue weighted by molar-refractivity contribution is -0.385. The summed E-state index contributed by atoms with van der Waals surface area (Å²) in [6.07, 6.45) is 2.82. The van der Waals surface area contributed by atoms with Gasteiger partial charge in [-0.3, -0.25) is 10.1 Å². The zero-order valence-electron chi connectivity index (χ0n) is 13.1. The van der Waals surface area contributed by atoms with Crippen LogP contribution in [0.1, 0.15) is 24.8 Å². The van der Waals surface area contributed by atoms with Crippen molar-refractivity contribution in [1.29, 1.82) is 0 Å². The zero-order valence-corrected chi connectivity index (χ0v) is 13.9. The molecule has 0 saturated carbocycles. The van der Waals surface area contributed by atoms with Crippen molar-refractivity contribution in [2.75, 3.05) is 26.2 Å². The summed E-state index contributed by atoms with van der Waals surface area (Å²) in [5, 5.41) is 14.4. The number of piperidine rings is 1. The fraction of sp³-hybridized carbons (Fsp3) is 0.600. The molecule has 126 valence electrons. The van der Waals surface area contributed by atoms with Crippen molar-refractivity contribution < 1.29 is 13.3 Å². The van der Waals surface area contributed by atoms with E-state index >= 15 is 0 Å². The van der Waals surface area contributed by atoms with E-state index in [1.54, 1.807) is 0 Å². The monoisotopic (exact) mass is 339 g/mol. The number of benzene rings is 1. The lowest BCUT2D eigenvalue weighted by Crippen LogP contribution is -2.39. The Balaban J connectivity index is 1.91. The van der Waals surface area contributed by atoms with Crippen LogP contribution < -0.4 is 5.32 Å². The van der Waals surface area contributed by atoms with Gasteiger partial charge in [0.2, 0.25) is 10.0 Å². The topological polar surface area (TPSA) is 92.5 Å². The summed E-state index contributed by atoms with van der Waals surface area (Å²) in [7, 11) is -3.69. The molecule has 2 fully saturated rings. The molecule has 0 aliphatic carbocycles. The van der Waals surface area contributed by atoms with Gasteiger partial charge in [-0.15, -0.1) is 0 Å². The first-order valence-corrected chi connectivity index (χ1v) is 9.25. The number of rotatable bonds is 3. The highest BCUT2D eigenvalue weighted by molar-refractivity contribution is 7.89. The second kappa shape index (κ2) is 5.85. The first-order chi connectivity index (χ1) is 10.9. The highest BCUT2D eigenvalue weighted by Gasteiger charge is 2.43. The molecule has 2 aliphatic heterocycles. The van der Waals surface area contributed by atoms with E-state index in [4.69, 9.17) is 0 Å². The van der Waals surface area contributed by atoms with Gasteiger partial charge in [-0.25, -0.2) is 8.42 Å². The standard InChI is InChI=1S/C15H21N3O4S/c1-12-13(18(19)20)3-2-4-14(12)23(21,22)17-10-7-15(11-17)5-8-16-9-6-15/h2-4,16H,5-11H2,1H3. The SMILES string of the molecule is Cc1c([N+](=O)[O-])cccc1S(=O)(=O)N1CCC2(CCNCC2)C1. The van der Waals surface area contributed by atoms with E-state index in [-0.39, 0.29) is 21.6 Å². The Morgan fingerprint density at radius 2 is 1.96 bits per heavy atom. The molecule has 3 rings (SSSR count). The summed E-state index contributed by atoms with van der Waals surface area (Å²) in [5.41, 5.74) is 0.123. The van der Waals surface area contributed by atoms with Crippen LogP contribution >= 0.6 is 0 Å². The van der Waals surface area contributed by atoms with Gasteiger partial charge in [0, 0.05) is 24.7 Å². The van der Waals surface area contributed by atoms with Crippen molar-refractivity contribution in [2.24, 2.45) is 5.41 Å². The van der Waals surface area contributed by atoms with Crippen LogP contribution in [0.15, 0.2) is 23.1 Å². The molecule has 0 radical (unpaired) electrons. The third-order valence-electron chi connectivity index (χ3n) is 5.14. The number of nitrogens with one attached hydrogen (secondary N) is 1. The molecule has 2 heterocycles. The first-order valence-electron chi connectivity index (χ1n) is 7.81. The summed E-state index contributed by atoms with van der Waals surface area (Å²) in [5.74, 6) is 0. The number of hydrogen-bond donors (Lipinski definition) is 1. The van der Waals surface area contributed by atoms with Gasteiger partial charge >= 0.3 is 0 Å². The normalized spacial score (nSPS) is 21.6. The Hall–Kier alpha value is -1.51. The molecule has 1 N–H and O–H groups in total. The Labute approximate surface area is 135 Å². The van der Waals surface area contributed by atoms with Crippen LogP contribution in [0, 0.1) is 22.5 Å². The molecule has 7 nitrogen and oxygen atoms in total. The molecule has 2 aliphatic rings. The predicted octanol–water partition coefficient (Wildman–Crippen LogP) is 1.67. The van der Waals surface area contributed by atoms with E-state index in [9.17, 15) is 18.5 Å². The lowest BCUT2D eigenvalue weighted by Gasteiger charge is -2.33. The van der Waals surface area contributed by atoms with E-state index in [2.05, 4.69) is 5.32 Å². The molecule has 0 aromatic heterocycles. The maximum atomic E-state index is 12.9. The van der Waals surface area contributed by atoms with E-state index in [1.165, 1.54) is 29.4 Å².